The van der Waals surface area contributed by atoms with E-state index in [1.54, 1.807) is 21.9 Å². The van der Waals surface area contributed by atoms with Crippen LogP contribution in [-0.2, 0) is 0 Å². The molecule has 0 spiro atoms. The fourth-order valence-corrected chi connectivity index (χ4v) is 2.12. The summed E-state index contributed by atoms with van der Waals surface area (Å²) in [4.78, 5) is 27.6. The van der Waals surface area contributed by atoms with Crippen LogP contribution in [0.1, 0.15) is 31.3 Å². The number of furan rings is 1. The first-order valence-electron chi connectivity index (χ1n) is 7.22. The van der Waals surface area contributed by atoms with E-state index in [2.05, 4.69) is 26.1 Å². The normalized spacial score (nSPS) is 16.0. The first-order chi connectivity index (χ1) is 9.87. The molecule has 0 saturated carbocycles. The molecule has 21 heavy (non-hydrogen) atoms. The Bertz CT molecular complexity index is 483. The summed E-state index contributed by atoms with van der Waals surface area (Å²) in [5.41, 5.74) is 0.0622. The van der Waals surface area contributed by atoms with Crippen LogP contribution in [0.4, 0.5) is 4.79 Å². The molecule has 0 aliphatic carbocycles. The number of amides is 3. The van der Waals surface area contributed by atoms with Crippen molar-refractivity contribution in [3.63, 3.8) is 0 Å². The van der Waals surface area contributed by atoms with Crippen molar-refractivity contribution in [3.8, 4) is 0 Å². The van der Waals surface area contributed by atoms with Gasteiger partial charge in [-0.05, 0) is 17.5 Å². The SMILES string of the molecule is CC(C)(C)CNC(=O)N1CCN(C(=O)c2ccco2)CC1. The van der Waals surface area contributed by atoms with E-state index in [9.17, 15) is 9.59 Å². The molecule has 0 aromatic carbocycles. The Morgan fingerprint density at radius 2 is 1.81 bits per heavy atom. The van der Waals surface area contributed by atoms with E-state index in [0.717, 1.165) is 0 Å². The highest BCUT2D eigenvalue weighted by Crippen LogP contribution is 2.12. The largest absolute Gasteiger partial charge is 0.459 e. The van der Waals surface area contributed by atoms with E-state index < -0.39 is 0 Å². The van der Waals surface area contributed by atoms with Gasteiger partial charge in [0.25, 0.3) is 5.91 Å². The molecule has 6 nitrogen and oxygen atoms in total. The average molecular weight is 293 g/mol. The monoisotopic (exact) mass is 293 g/mol. The molecule has 1 aliphatic heterocycles. The quantitative estimate of drug-likeness (QED) is 0.904. The number of carbonyl (C=O) groups excluding carboxylic acids is 2. The summed E-state index contributed by atoms with van der Waals surface area (Å²) in [5, 5.41) is 2.93. The Labute approximate surface area is 125 Å². The molecular formula is C15H23N3O3. The molecule has 6 heteroatoms. The minimum absolute atomic E-state index is 0.0602. The molecule has 1 N–H and O–H groups in total. The minimum atomic E-state index is -0.116. The van der Waals surface area contributed by atoms with Crippen molar-refractivity contribution in [3.05, 3.63) is 24.2 Å². The lowest BCUT2D eigenvalue weighted by Gasteiger charge is -2.34. The minimum Gasteiger partial charge on any atom is -0.459 e. The van der Waals surface area contributed by atoms with Crippen LogP contribution in [0, 0.1) is 5.41 Å². The van der Waals surface area contributed by atoms with E-state index in [0.29, 0.717) is 38.5 Å². The van der Waals surface area contributed by atoms with Crippen molar-refractivity contribution in [2.24, 2.45) is 5.41 Å². The molecule has 0 radical (unpaired) electrons. The number of nitrogens with one attached hydrogen (secondary N) is 1. The van der Waals surface area contributed by atoms with Gasteiger partial charge in [0.2, 0.25) is 0 Å². The lowest BCUT2D eigenvalue weighted by Crippen LogP contribution is -2.53. The zero-order valence-corrected chi connectivity index (χ0v) is 12.9. The third-order valence-corrected chi connectivity index (χ3v) is 3.36. The molecule has 3 amide bonds. The summed E-state index contributed by atoms with van der Waals surface area (Å²) in [5.74, 6) is 0.232. The van der Waals surface area contributed by atoms with Gasteiger partial charge < -0.3 is 19.5 Å². The smallest absolute Gasteiger partial charge is 0.317 e. The lowest BCUT2D eigenvalue weighted by atomic mass is 9.97. The highest BCUT2D eigenvalue weighted by molar-refractivity contribution is 5.91. The van der Waals surface area contributed by atoms with Crippen LogP contribution in [0.15, 0.2) is 22.8 Å². The molecule has 1 fully saturated rings. The van der Waals surface area contributed by atoms with Gasteiger partial charge >= 0.3 is 6.03 Å². The first-order valence-corrected chi connectivity index (χ1v) is 7.22. The average Bonchev–Trinajstić information content (AvgIpc) is 2.97. The van der Waals surface area contributed by atoms with Gasteiger partial charge in [0.05, 0.1) is 6.26 Å². The van der Waals surface area contributed by atoms with Gasteiger partial charge in [-0.1, -0.05) is 20.8 Å². The number of urea groups is 1. The van der Waals surface area contributed by atoms with Crippen LogP contribution >= 0.6 is 0 Å². The Hall–Kier alpha value is -1.98. The second-order valence-corrected chi connectivity index (χ2v) is 6.48. The Morgan fingerprint density at radius 3 is 2.33 bits per heavy atom. The first kappa shape index (κ1) is 15.4. The van der Waals surface area contributed by atoms with Crippen LogP contribution in [0.25, 0.3) is 0 Å². The summed E-state index contributed by atoms with van der Waals surface area (Å²) in [7, 11) is 0. The van der Waals surface area contributed by atoms with E-state index in [1.807, 2.05) is 0 Å². The number of hydrogen-bond acceptors (Lipinski definition) is 3. The zero-order chi connectivity index (χ0) is 15.5. The fraction of sp³-hybridized carbons (Fsp3) is 0.600. The summed E-state index contributed by atoms with van der Waals surface area (Å²) in [6.07, 6.45) is 1.49. The summed E-state index contributed by atoms with van der Waals surface area (Å²) in [6, 6.07) is 3.30. The van der Waals surface area contributed by atoms with Gasteiger partial charge in [-0.25, -0.2) is 4.79 Å². The van der Waals surface area contributed by atoms with Crippen molar-refractivity contribution in [2.45, 2.75) is 20.8 Å². The highest BCUT2D eigenvalue weighted by Gasteiger charge is 2.26. The third kappa shape index (κ3) is 4.24. The molecule has 1 aliphatic rings. The molecule has 0 bridgehead atoms. The Balaban J connectivity index is 1.80. The Morgan fingerprint density at radius 1 is 1.19 bits per heavy atom. The van der Waals surface area contributed by atoms with Crippen molar-refractivity contribution in [1.29, 1.82) is 0 Å². The zero-order valence-electron chi connectivity index (χ0n) is 12.9. The van der Waals surface area contributed by atoms with Gasteiger partial charge in [0.15, 0.2) is 5.76 Å². The van der Waals surface area contributed by atoms with Gasteiger partial charge in [0.1, 0.15) is 0 Å². The topological polar surface area (TPSA) is 65.8 Å². The molecule has 0 unspecified atom stereocenters. The van der Waals surface area contributed by atoms with Gasteiger partial charge in [-0.2, -0.15) is 0 Å². The van der Waals surface area contributed by atoms with Crippen molar-refractivity contribution in [1.82, 2.24) is 15.1 Å². The highest BCUT2D eigenvalue weighted by atomic mass is 16.3. The van der Waals surface area contributed by atoms with Crippen molar-refractivity contribution in [2.75, 3.05) is 32.7 Å². The van der Waals surface area contributed by atoms with E-state index in [-0.39, 0.29) is 17.4 Å². The van der Waals surface area contributed by atoms with Gasteiger partial charge in [-0.15, -0.1) is 0 Å². The second-order valence-electron chi connectivity index (χ2n) is 6.48. The van der Waals surface area contributed by atoms with Gasteiger partial charge in [-0.3, -0.25) is 4.79 Å². The van der Waals surface area contributed by atoms with E-state index in [1.165, 1.54) is 6.26 Å². The van der Waals surface area contributed by atoms with Gasteiger partial charge in [0, 0.05) is 32.7 Å². The third-order valence-electron chi connectivity index (χ3n) is 3.36. The molecule has 1 aromatic rings. The molecular weight excluding hydrogens is 270 g/mol. The van der Waals surface area contributed by atoms with Crippen LogP contribution in [0.2, 0.25) is 0 Å². The second kappa shape index (κ2) is 6.20. The molecule has 1 saturated heterocycles. The molecule has 2 heterocycles. The van der Waals surface area contributed by atoms with Crippen LogP contribution < -0.4 is 5.32 Å². The van der Waals surface area contributed by atoms with Crippen LogP contribution in [-0.4, -0.2) is 54.5 Å². The van der Waals surface area contributed by atoms with Crippen LogP contribution in [0.5, 0.6) is 0 Å². The maximum absolute atomic E-state index is 12.1. The molecule has 2 rings (SSSR count). The van der Waals surface area contributed by atoms with Crippen LogP contribution in [0.3, 0.4) is 0 Å². The number of carbonyl (C=O) groups is 2. The number of piperazine rings is 1. The number of rotatable bonds is 2. The number of hydrogen-bond donors (Lipinski definition) is 1. The predicted molar refractivity (Wildman–Crippen MR) is 79.0 cm³/mol. The molecule has 116 valence electrons. The Kier molecular flexibility index (Phi) is 4.55. The van der Waals surface area contributed by atoms with E-state index >= 15 is 0 Å². The lowest BCUT2D eigenvalue weighted by molar-refractivity contribution is 0.0633. The summed E-state index contributed by atoms with van der Waals surface area (Å²) in [6.45, 7) is 9.01. The van der Waals surface area contributed by atoms with Crippen molar-refractivity contribution < 1.29 is 14.0 Å². The maximum Gasteiger partial charge on any atom is 0.317 e. The van der Waals surface area contributed by atoms with E-state index in [4.69, 9.17) is 4.42 Å². The summed E-state index contributed by atoms with van der Waals surface area (Å²) >= 11 is 0. The molecule has 0 atom stereocenters. The summed E-state index contributed by atoms with van der Waals surface area (Å²) < 4.78 is 5.11. The standard InChI is InChI=1S/C15H23N3O3/c1-15(2,3)11-16-14(20)18-8-6-17(7-9-18)13(19)12-5-4-10-21-12/h4-5,10H,6-9,11H2,1-3H3,(H,16,20). The maximum atomic E-state index is 12.1. The molecule has 1 aromatic heterocycles. The predicted octanol–water partition coefficient (Wildman–Crippen LogP) is 1.79. The fourth-order valence-electron chi connectivity index (χ4n) is 2.12. The van der Waals surface area contributed by atoms with Crippen molar-refractivity contribution >= 4 is 11.9 Å². The number of nitrogens with zero attached hydrogens (tertiary/aromatic N) is 2.